The van der Waals surface area contributed by atoms with Crippen molar-refractivity contribution in [2.75, 3.05) is 40.1 Å². The van der Waals surface area contributed by atoms with Crippen LogP contribution in [0.4, 0.5) is 4.39 Å². The Balaban J connectivity index is 1.74. The van der Waals surface area contributed by atoms with Gasteiger partial charge in [0.05, 0.1) is 20.3 Å². The minimum absolute atomic E-state index is 0.104. The second-order valence-corrected chi connectivity index (χ2v) is 11.1. The van der Waals surface area contributed by atoms with Gasteiger partial charge >= 0.3 is 0 Å². The number of hydrogen-bond acceptors (Lipinski definition) is 7. The molecule has 4 rings (SSSR count). The van der Waals surface area contributed by atoms with Crippen molar-refractivity contribution in [1.29, 1.82) is 0 Å². The van der Waals surface area contributed by atoms with E-state index in [0.717, 1.165) is 49.8 Å². The zero-order chi connectivity index (χ0) is 29.3. The summed E-state index contributed by atoms with van der Waals surface area (Å²) in [6.07, 6.45) is 4.09. The number of aliphatic hydroxyl groups excluding tert-OH is 1. The van der Waals surface area contributed by atoms with E-state index in [1.54, 1.807) is 19.2 Å². The molecule has 8 heteroatoms. The Morgan fingerprint density at radius 3 is 2.12 bits per heavy atom. The van der Waals surface area contributed by atoms with Gasteiger partial charge in [0.25, 0.3) is 0 Å². The highest BCUT2D eigenvalue weighted by atomic mass is 19.1. The monoisotopic (exact) mass is 574 g/mol. The van der Waals surface area contributed by atoms with E-state index in [1.807, 2.05) is 24.3 Å². The molecule has 2 heterocycles. The fourth-order valence-electron chi connectivity index (χ4n) is 5.61. The smallest absolute Gasteiger partial charge is 0.225 e. The van der Waals surface area contributed by atoms with Gasteiger partial charge in [-0.25, -0.2) is 4.39 Å². The molecule has 0 saturated carbocycles. The minimum Gasteiger partial charge on any atom is -0.497 e. The number of hydrogen-bond donors (Lipinski definition) is 1. The molecular weight excluding hydrogens is 527 g/mol. The maximum absolute atomic E-state index is 15.2. The maximum atomic E-state index is 15.2. The van der Waals surface area contributed by atoms with Crippen LogP contribution < -0.4 is 4.74 Å². The van der Waals surface area contributed by atoms with Gasteiger partial charge in [-0.05, 0) is 54.7 Å². The van der Waals surface area contributed by atoms with Gasteiger partial charge in [0, 0.05) is 31.8 Å². The Labute approximate surface area is 244 Å². The second kappa shape index (κ2) is 14.9. The van der Waals surface area contributed by atoms with E-state index in [1.165, 1.54) is 6.07 Å². The molecule has 0 amide bonds. The van der Waals surface area contributed by atoms with Gasteiger partial charge in [-0.3, -0.25) is 0 Å². The average molecular weight is 575 g/mol. The van der Waals surface area contributed by atoms with Crippen molar-refractivity contribution >= 4 is 0 Å². The third-order valence-electron chi connectivity index (χ3n) is 8.04. The Morgan fingerprint density at radius 1 is 0.878 bits per heavy atom. The molecule has 1 N–H and O–H groups in total. The Bertz CT molecular complexity index is 1080. The third kappa shape index (κ3) is 6.95. The molecule has 41 heavy (non-hydrogen) atoms. The lowest BCUT2D eigenvalue weighted by molar-refractivity contribution is -0.349. The van der Waals surface area contributed by atoms with E-state index in [-0.39, 0.29) is 19.0 Å². The molecule has 0 radical (unpaired) electrons. The van der Waals surface area contributed by atoms with Crippen LogP contribution in [0.2, 0.25) is 0 Å². The van der Waals surface area contributed by atoms with Crippen LogP contribution >= 0.6 is 0 Å². The predicted octanol–water partition coefficient (Wildman–Crippen LogP) is 5.93. The Hall–Kier alpha value is -2.07. The van der Waals surface area contributed by atoms with E-state index in [4.69, 9.17) is 28.4 Å². The molecule has 0 aliphatic carbocycles. The summed E-state index contributed by atoms with van der Waals surface area (Å²) in [6, 6.07) is 12.5. The molecule has 2 saturated heterocycles. The van der Waals surface area contributed by atoms with E-state index in [9.17, 15) is 5.11 Å². The van der Waals surface area contributed by atoms with Crippen molar-refractivity contribution in [3.8, 4) is 5.75 Å². The first-order valence-electron chi connectivity index (χ1n) is 15.2. The Morgan fingerprint density at radius 2 is 1.51 bits per heavy atom. The second-order valence-electron chi connectivity index (χ2n) is 11.1. The number of halogens is 1. The van der Waals surface area contributed by atoms with E-state index in [0.29, 0.717) is 37.4 Å². The summed E-state index contributed by atoms with van der Waals surface area (Å²) >= 11 is 0. The summed E-state index contributed by atoms with van der Waals surface area (Å²) in [4.78, 5) is 0. The SMILES string of the molecule is CCCCOC1[C@@H](OCCCC)[C@H](OCCCC)C2(CO)COC1(c1ccc(F)c(Cc3ccc(OC)cc3)c1)O2. The van der Waals surface area contributed by atoms with Crippen LogP contribution in [-0.4, -0.2) is 69.2 Å². The first-order valence-corrected chi connectivity index (χ1v) is 15.2. The summed E-state index contributed by atoms with van der Waals surface area (Å²) in [5.74, 6) is -0.961. The molecular formula is C33H47FO7. The molecule has 2 fully saturated rings. The van der Waals surface area contributed by atoms with Gasteiger partial charge in [-0.1, -0.05) is 58.2 Å². The zero-order valence-electron chi connectivity index (χ0n) is 25.0. The standard InChI is InChI=1S/C33H47FO7/c1-5-8-17-37-29-30(38-18-9-6-2)32(22-35)23-40-33(41-32,31(29)39-19-10-7-3)26-13-16-28(34)25(21-26)20-24-11-14-27(36-4)15-12-24/h11-16,21,29-31,35H,5-10,17-20,22-23H2,1-4H3/t29-,30-,31?,32?,33?/m0/s1. The van der Waals surface area contributed by atoms with Gasteiger partial charge < -0.3 is 33.5 Å². The normalized spacial score (nSPS) is 27.3. The lowest BCUT2D eigenvalue weighted by Gasteiger charge is -2.50. The lowest BCUT2D eigenvalue weighted by atomic mass is 9.83. The summed E-state index contributed by atoms with van der Waals surface area (Å²) in [5, 5.41) is 10.7. The molecule has 2 bridgehead atoms. The van der Waals surface area contributed by atoms with Crippen LogP contribution in [-0.2, 0) is 35.9 Å². The van der Waals surface area contributed by atoms with Crippen LogP contribution in [0.5, 0.6) is 5.75 Å². The van der Waals surface area contributed by atoms with Gasteiger partial charge in [-0.15, -0.1) is 0 Å². The average Bonchev–Trinajstić information content (AvgIpc) is 3.35. The number of rotatable bonds is 17. The largest absolute Gasteiger partial charge is 0.497 e. The van der Waals surface area contributed by atoms with Crippen molar-refractivity contribution in [3.05, 3.63) is 65.0 Å². The highest BCUT2D eigenvalue weighted by Crippen LogP contribution is 2.52. The van der Waals surface area contributed by atoms with Crippen LogP contribution in [0.25, 0.3) is 0 Å². The fraction of sp³-hybridized carbons (Fsp3) is 0.636. The van der Waals surface area contributed by atoms with E-state index in [2.05, 4.69) is 20.8 Å². The van der Waals surface area contributed by atoms with Crippen LogP contribution in [0, 0.1) is 5.82 Å². The lowest BCUT2D eigenvalue weighted by Crippen LogP contribution is -2.67. The molecule has 7 nitrogen and oxygen atoms in total. The van der Waals surface area contributed by atoms with Crippen molar-refractivity contribution in [1.82, 2.24) is 0 Å². The first-order chi connectivity index (χ1) is 20.0. The maximum Gasteiger partial charge on any atom is 0.225 e. The van der Waals surface area contributed by atoms with Crippen molar-refractivity contribution < 1.29 is 37.9 Å². The summed E-state index contributed by atoms with van der Waals surface area (Å²) < 4.78 is 53.2. The van der Waals surface area contributed by atoms with Crippen molar-refractivity contribution in [2.24, 2.45) is 0 Å². The molecule has 2 aromatic carbocycles. The van der Waals surface area contributed by atoms with Crippen molar-refractivity contribution in [2.45, 2.75) is 95.4 Å². The van der Waals surface area contributed by atoms with Gasteiger partial charge in [0.1, 0.15) is 35.5 Å². The van der Waals surface area contributed by atoms with Gasteiger partial charge in [-0.2, -0.15) is 0 Å². The van der Waals surface area contributed by atoms with Crippen molar-refractivity contribution in [3.63, 3.8) is 0 Å². The third-order valence-corrected chi connectivity index (χ3v) is 8.04. The van der Waals surface area contributed by atoms with E-state index < -0.39 is 29.7 Å². The highest BCUT2D eigenvalue weighted by Gasteiger charge is 2.69. The summed E-state index contributed by atoms with van der Waals surface area (Å²) in [7, 11) is 1.62. The van der Waals surface area contributed by atoms with Gasteiger partial charge in [0.2, 0.25) is 5.79 Å². The molecule has 0 aromatic heterocycles. The molecule has 5 atom stereocenters. The number of ether oxygens (including phenoxy) is 6. The summed E-state index contributed by atoms with van der Waals surface area (Å²) in [5.41, 5.74) is 0.949. The molecule has 2 aliphatic heterocycles. The molecule has 228 valence electrons. The highest BCUT2D eigenvalue weighted by molar-refractivity contribution is 5.37. The number of benzene rings is 2. The topological polar surface area (TPSA) is 75.6 Å². The molecule has 2 aliphatic rings. The molecule has 0 spiro atoms. The van der Waals surface area contributed by atoms with Crippen LogP contribution in [0.15, 0.2) is 42.5 Å². The van der Waals surface area contributed by atoms with Crippen LogP contribution in [0.3, 0.4) is 0 Å². The predicted molar refractivity (Wildman–Crippen MR) is 155 cm³/mol. The molecule has 3 unspecified atom stereocenters. The quantitative estimate of drug-likeness (QED) is 0.235. The summed E-state index contributed by atoms with van der Waals surface area (Å²) in [6.45, 7) is 7.64. The number of methoxy groups -OCH3 is 1. The minimum atomic E-state index is -1.39. The molecule has 2 aromatic rings. The van der Waals surface area contributed by atoms with Gasteiger partial charge in [0.15, 0.2) is 0 Å². The zero-order valence-corrected chi connectivity index (χ0v) is 25.0. The first kappa shape index (κ1) is 31.9. The number of fused-ring (bicyclic) bond motifs is 2. The number of unbranched alkanes of at least 4 members (excludes halogenated alkanes) is 3. The van der Waals surface area contributed by atoms with Crippen LogP contribution in [0.1, 0.15) is 76.0 Å². The number of aliphatic hydroxyl groups is 1. The Kier molecular flexibility index (Phi) is 11.6. The fourth-order valence-corrected chi connectivity index (χ4v) is 5.61. The van der Waals surface area contributed by atoms with E-state index >= 15 is 4.39 Å².